The normalized spacial score (nSPS) is 12.9. The fourth-order valence-corrected chi connectivity index (χ4v) is 3.25. The predicted molar refractivity (Wildman–Crippen MR) is 89.2 cm³/mol. The third-order valence-electron chi connectivity index (χ3n) is 3.96. The van der Waals surface area contributed by atoms with E-state index in [1.54, 1.807) is 0 Å². The molecule has 0 bridgehead atoms. The molecule has 3 nitrogen and oxygen atoms in total. The fourth-order valence-electron chi connectivity index (χ4n) is 2.64. The van der Waals surface area contributed by atoms with Crippen LogP contribution in [0.1, 0.15) is 48.9 Å². The molecule has 0 radical (unpaired) electrons. The molecular weight excluding hydrogens is 328 g/mol. The summed E-state index contributed by atoms with van der Waals surface area (Å²) in [4.78, 5) is 2.48. The molecule has 0 N–H and O–H groups in total. The van der Waals surface area contributed by atoms with Crippen molar-refractivity contribution in [2.45, 2.75) is 46.7 Å². The van der Waals surface area contributed by atoms with Crippen molar-refractivity contribution < 1.29 is 4.52 Å². The number of aromatic nitrogens is 1. The second-order valence-electron chi connectivity index (χ2n) is 5.47. The number of hydrogen-bond donors (Lipinski definition) is 0. The van der Waals surface area contributed by atoms with Crippen molar-refractivity contribution in [3.05, 3.63) is 51.3 Å². The lowest BCUT2D eigenvalue weighted by molar-refractivity contribution is 0.200. The number of nitrogens with zero attached hydrogens (tertiary/aromatic N) is 2. The van der Waals surface area contributed by atoms with Gasteiger partial charge in [-0.15, -0.1) is 0 Å². The minimum Gasteiger partial charge on any atom is -0.361 e. The monoisotopic (exact) mass is 350 g/mol. The average Bonchev–Trinajstić information content (AvgIpc) is 2.78. The van der Waals surface area contributed by atoms with E-state index in [0.717, 1.165) is 35.4 Å². The molecule has 0 aliphatic heterocycles. The summed E-state index contributed by atoms with van der Waals surface area (Å²) >= 11 is 3.67. The van der Waals surface area contributed by atoms with Crippen LogP contribution >= 0.6 is 15.9 Å². The Labute approximate surface area is 135 Å². The standard InChI is InChI=1S/C17H23BrN2O/c1-5-10-20(11-16-12(2)19-21-14(16)4)13(3)15-8-6-7-9-17(15)18/h6-9,13H,5,10-11H2,1-4H3/t13-/m0/s1. The van der Waals surface area contributed by atoms with Crippen molar-refractivity contribution in [3.8, 4) is 0 Å². The Morgan fingerprint density at radius 2 is 2.00 bits per heavy atom. The van der Waals surface area contributed by atoms with Crippen molar-refractivity contribution in [2.24, 2.45) is 0 Å². The average molecular weight is 351 g/mol. The van der Waals surface area contributed by atoms with E-state index in [1.807, 2.05) is 13.8 Å². The summed E-state index contributed by atoms with van der Waals surface area (Å²) in [5, 5.41) is 4.07. The largest absolute Gasteiger partial charge is 0.361 e. The first-order valence-corrected chi connectivity index (χ1v) is 8.24. The molecule has 114 valence electrons. The molecule has 0 saturated heterocycles. The van der Waals surface area contributed by atoms with Crippen LogP contribution in [0.4, 0.5) is 0 Å². The number of rotatable bonds is 6. The van der Waals surface area contributed by atoms with Gasteiger partial charge in [0.05, 0.1) is 5.69 Å². The lowest BCUT2D eigenvalue weighted by Crippen LogP contribution is -2.28. The molecule has 0 amide bonds. The predicted octanol–water partition coefficient (Wildman–Crippen LogP) is 5.03. The molecule has 0 aliphatic rings. The Kier molecular flexibility index (Phi) is 5.59. The smallest absolute Gasteiger partial charge is 0.138 e. The molecule has 0 spiro atoms. The Morgan fingerprint density at radius 1 is 1.29 bits per heavy atom. The minimum absolute atomic E-state index is 0.342. The number of halogens is 1. The SMILES string of the molecule is CCCN(Cc1c(C)noc1C)[C@@H](C)c1ccccc1Br. The second kappa shape index (κ2) is 7.23. The molecular formula is C17H23BrN2O. The number of benzene rings is 1. The van der Waals surface area contributed by atoms with Gasteiger partial charge in [0, 0.05) is 22.6 Å². The van der Waals surface area contributed by atoms with Crippen LogP contribution in [0.5, 0.6) is 0 Å². The van der Waals surface area contributed by atoms with E-state index in [1.165, 1.54) is 11.1 Å². The van der Waals surface area contributed by atoms with E-state index in [2.05, 4.69) is 64.1 Å². The Morgan fingerprint density at radius 3 is 2.57 bits per heavy atom. The molecule has 0 unspecified atom stereocenters. The maximum absolute atomic E-state index is 5.30. The molecule has 1 aromatic carbocycles. The fraction of sp³-hybridized carbons (Fsp3) is 0.471. The minimum atomic E-state index is 0.342. The van der Waals surface area contributed by atoms with Gasteiger partial charge < -0.3 is 4.52 Å². The highest BCUT2D eigenvalue weighted by molar-refractivity contribution is 9.10. The van der Waals surface area contributed by atoms with Crippen LogP contribution in [0.25, 0.3) is 0 Å². The number of aryl methyl sites for hydroxylation is 2. The topological polar surface area (TPSA) is 29.3 Å². The molecule has 2 aromatic rings. The Bertz CT molecular complexity index is 575. The molecule has 2 rings (SSSR count). The molecule has 4 heteroatoms. The molecule has 21 heavy (non-hydrogen) atoms. The summed E-state index contributed by atoms with van der Waals surface area (Å²) in [6.07, 6.45) is 1.12. The highest BCUT2D eigenvalue weighted by atomic mass is 79.9. The second-order valence-corrected chi connectivity index (χ2v) is 6.33. The molecule has 1 atom stereocenters. The van der Waals surface area contributed by atoms with Crippen LogP contribution in [-0.4, -0.2) is 16.6 Å². The van der Waals surface area contributed by atoms with E-state index in [4.69, 9.17) is 4.52 Å². The van der Waals surface area contributed by atoms with Crippen molar-refractivity contribution >= 4 is 15.9 Å². The van der Waals surface area contributed by atoms with Gasteiger partial charge in [0.1, 0.15) is 5.76 Å². The zero-order valence-electron chi connectivity index (χ0n) is 13.2. The molecule has 0 aliphatic carbocycles. The molecule has 0 saturated carbocycles. The van der Waals surface area contributed by atoms with Gasteiger partial charge >= 0.3 is 0 Å². The van der Waals surface area contributed by atoms with Crippen LogP contribution in [-0.2, 0) is 6.54 Å². The van der Waals surface area contributed by atoms with Crippen molar-refractivity contribution in [1.29, 1.82) is 0 Å². The van der Waals surface area contributed by atoms with Crippen LogP contribution in [0, 0.1) is 13.8 Å². The highest BCUT2D eigenvalue weighted by Crippen LogP contribution is 2.29. The van der Waals surface area contributed by atoms with Crippen LogP contribution in [0.2, 0.25) is 0 Å². The molecule has 1 aromatic heterocycles. The molecule has 0 fully saturated rings. The van der Waals surface area contributed by atoms with Crippen molar-refractivity contribution in [1.82, 2.24) is 10.1 Å². The number of hydrogen-bond acceptors (Lipinski definition) is 3. The first-order chi connectivity index (χ1) is 10.0. The van der Waals surface area contributed by atoms with Gasteiger partial charge in [-0.05, 0) is 45.4 Å². The van der Waals surface area contributed by atoms with E-state index in [-0.39, 0.29) is 0 Å². The van der Waals surface area contributed by atoms with Gasteiger partial charge in [-0.25, -0.2) is 0 Å². The van der Waals surface area contributed by atoms with Crippen LogP contribution < -0.4 is 0 Å². The summed E-state index contributed by atoms with van der Waals surface area (Å²) in [6.45, 7) is 10.4. The van der Waals surface area contributed by atoms with Crippen molar-refractivity contribution in [3.63, 3.8) is 0 Å². The Hall–Kier alpha value is -1.13. The summed E-state index contributed by atoms with van der Waals surface area (Å²) in [7, 11) is 0. The van der Waals surface area contributed by atoms with E-state index in [9.17, 15) is 0 Å². The lowest BCUT2D eigenvalue weighted by Gasteiger charge is -2.29. The van der Waals surface area contributed by atoms with E-state index in [0.29, 0.717) is 6.04 Å². The third-order valence-corrected chi connectivity index (χ3v) is 4.68. The van der Waals surface area contributed by atoms with Crippen LogP contribution in [0.3, 0.4) is 0 Å². The third kappa shape index (κ3) is 3.74. The van der Waals surface area contributed by atoms with Gasteiger partial charge in [0.2, 0.25) is 0 Å². The van der Waals surface area contributed by atoms with Gasteiger partial charge in [-0.3, -0.25) is 4.90 Å². The van der Waals surface area contributed by atoms with E-state index >= 15 is 0 Å². The summed E-state index contributed by atoms with van der Waals surface area (Å²) < 4.78 is 6.46. The maximum Gasteiger partial charge on any atom is 0.138 e. The van der Waals surface area contributed by atoms with Gasteiger partial charge in [0.25, 0.3) is 0 Å². The zero-order chi connectivity index (χ0) is 15.4. The maximum atomic E-state index is 5.30. The van der Waals surface area contributed by atoms with E-state index < -0.39 is 0 Å². The van der Waals surface area contributed by atoms with Gasteiger partial charge in [-0.1, -0.05) is 46.2 Å². The van der Waals surface area contributed by atoms with Crippen molar-refractivity contribution in [2.75, 3.05) is 6.54 Å². The Balaban J connectivity index is 2.25. The van der Waals surface area contributed by atoms with Gasteiger partial charge in [0.15, 0.2) is 0 Å². The lowest BCUT2D eigenvalue weighted by atomic mass is 10.1. The first kappa shape index (κ1) is 16.2. The quantitative estimate of drug-likeness (QED) is 0.731. The van der Waals surface area contributed by atoms with Crippen LogP contribution in [0.15, 0.2) is 33.3 Å². The summed E-state index contributed by atoms with van der Waals surface area (Å²) in [5.74, 6) is 0.924. The molecule has 1 heterocycles. The first-order valence-electron chi connectivity index (χ1n) is 7.44. The summed E-state index contributed by atoms with van der Waals surface area (Å²) in [5.41, 5.74) is 3.52. The zero-order valence-corrected chi connectivity index (χ0v) is 14.8. The highest BCUT2D eigenvalue weighted by Gasteiger charge is 2.20. The summed E-state index contributed by atoms with van der Waals surface area (Å²) in [6, 6.07) is 8.78. The van der Waals surface area contributed by atoms with Gasteiger partial charge in [-0.2, -0.15) is 0 Å².